The maximum atomic E-state index is 10.9. The molecule has 98 valence electrons. The summed E-state index contributed by atoms with van der Waals surface area (Å²) in [6.45, 7) is 4.95. The summed E-state index contributed by atoms with van der Waals surface area (Å²) in [5.74, 6) is 0. The van der Waals surface area contributed by atoms with Gasteiger partial charge in [-0.3, -0.25) is 10.1 Å². The average Bonchev–Trinajstić information content (AvgIpc) is 2.31. The molecule has 0 amide bonds. The van der Waals surface area contributed by atoms with Crippen molar-refractivity contribution in [3.8, 4) is 0 Å². The van der Waals surface area contributed by atoms with Gasteiger partial charge in [-0.2, -0.15) is 0 Å². The number of benzene rings is 1. The van der Waals surface area contributed by atoms with Gasteiger partial charge in [-0.25, -0.2) is 0 Å². The zero-order valence-electron chi connectivity index (χ0n) is 10.8. The summed E-state index contributed by atoms with van der Waals surface area (Å²) in [5.41, 5.74) is 1.78. The van der Waals surface area contributed by atoms with Gasteiger partial charge in [0.1, 0.15) is 0 Å². The Kier molecular flexibility index (Phi) is 3.81. The van der Waals surface area contributed by atoms with E-state index in [1.165, 1.54) is 0 Å². The van der Waals surface area contributed by atoms with Crippen LogP contribution in [0.2, 0.25) is 0 Å². The van der Waals surface area contributed by atoms with E-state index >= 15 is 0 Å². The van der Waals surface area contributed by atoms with Crippen molar-refractivity contribution in [2.24, 2.45) is 0 Å². The molecule has 0 aliphatic carbocycles. The number of piperidine rings is 1. The van der Waals surface area contributed by atoms with Crippen molar-refractivity contribution in [2.75, 3.05) is 11.9 Å². The highest BCUT2D eigenvalue weighted by molar-refractivity contribution is 5.60. The number of anilines is 1. The lowest BCUT2D eigenvalue weighted by Gasteiger charge is -2.29. The van der Waals surface area contributed by atoms with Gasteiger partial charge in [0.15, 0.2) is 0 Å². The minimum Gasteiger partial charge on any atom is -0.382 e. The molecule has 0 radical (unpaired) electrons. The van der Waals surface area contributed by atoms with E-state index in [-0.39, 0.29) is 10.6 Å². The highest BCUT2D eigenvalue weighted by atomic mass is 16.6. The molecule has 1 fully saturated rings. The Bertz CT molecular complexity index is 448. The minimum atomic E-state index is -0.328. The first-order chi connectivity index (χ1) is 8.58. The van der Waals surface area contributed by atoms with E-state index < -0.39 is 0 Å². The molecule has 0 aromatic heterocycles. The second kappa shape index (κ2) is 5.35. The highest BCUT2D eigenvalue weighted by Gasteiger charge is 2.20. The summed E-state index contributed by atoms with van der Waals surface area (Å²) in [7, 11) is 0. The zero-order valence-corrected chi connectivity index (χ0v) is 10.8. The third kappa shape index (κ3) is 2.79. The molecule has 0 spiro atoms. The molecule has 5 heteroatoms. The van der Waals surface area contributed by atoms with Crippen molar-refractivity contribution in [3.05, 3.63) is 33.9 Å². The van der Waals surface area contributed by atoms with Gasteiger partial charge >= 0.3 is 0 Å². The van der Waals surface area contributed by atoms with Crippen molar-refractivity contribution in [3.63, 3.8) is 0 Å². The standard InChI is InChI=1S/C13H19N3O2/c1-9-8-11(6-7-14-9)15-12-4-3-5-13(10(12)2)16(17)18/h3-5,9,11,14-15H,6-8H2,1-2H3. The van der Waals surface area contributed by atoms with Crippen LogP contribution in [0.3, 0.4) is 0 Å². The molecule has 1 saturated heterocycles. The Morgan fingerprint density at radius 3 is 2.94 bits per heavy atom. The summed E-state index contributed by atoms with van der Waals surface area (Å²) >= 11 is 0. The Labute approximate surface area is 107 Å². The van der Waals surface area contributed by atoms with E-state index in [0.29, 0.717) is 17.6 Å². The molecule has 18 heavy (non-hydrogen) atoms. The number of nitro benzene ring substituents is 1. The molecule has 2 rings (SSSR count). The molecule has 1 heterocycles. The van der Waals surface area contributed by atoms with Crippen molar-refractivity contribution in [1.82, 2.24) is 5.32 Å². The predicted octanol–water partition coefficient (Wildman–Crippen LogP) is 2.46. The molecular formula is C13H19N3O2. The van der Waals surface area contributed by atoms with E-state index in [2.05, 4.69) is 17.6 Å². The number of nitro groups is 1. The maximum absolute atomic E-state index is 10.9. The number of nitrogens with zero attached hydrogens (tertiary/aromatic N) is 1. The molecule has 0 bridgehead atoms. The third-order valence-electron chi connectivity index (χ3n) is 3.49. The molecule has 2 unspecified atom stereocenters. The lowest BCUT2D eigenvalue weighted by Crippen LogP contribution is -2.41. The van der Waals surface area contributed by atoms with Gasteiger partial charge in [0.2, 0.25) is 0 Å². The van der Waals surface area contributed by atoms with Crippen LogP contribution in [0.15, 0.2) is 18.2 Å². The Hall–Kier alpha value is -1.62. The zero-order chi connectivity index (χ0) is 13.1. The second-order valence-corrected chi connectivity index (χ2v) is 4.93. The van der Waals surface area contributed by atoms with E-state index in [1.54, 1.807) is 19.1 Å². The number of nitrogens with one attached hydrogen (secondary N) is 2. The summed E-state index contributed by atoms with van der Waals surface area (Å²) < 4.78 is 0. The van der Waals surface area contributed by atoms with Crippen LogP contribution in [-0.4, -0.2) is 23.6 Å². The van der Waals surface area contributed by atoms with Gasteiger partial charge < -0.3 is 10.6 Å². The van der Waals surface area contributed by atoms with Crippen LogP contribution in [0, 0.1) is 17.0 Å². The van der Waals surface area contributed by atoms with Crippen molar-refractivity contribution in [1.29, 1.82) is 0 Å². The van der Waals surface area contributed by atoms with Gasteiger partial charge in [-0.05, 0) is 39.3 Å². The topological polar surface area (TPSA) is 67.2 Å². The first-order valence-corrected chi connectivity index (χ1v) is 6.32. The fourth-order valence-electron chi connectivity index (χ4n) is 2.46. The second-order valence-electron chi connectivity index (χ2n) is 4.93. The van der Waals surface area contributed by atoms with E-state index in [4.69, 9.17) is 0 Å². The van der Waals surface area contributed by atoms with E-state index in [0.717, 1.165) is 25.1 Å². The van der Waals surface area contributed by atoms with Crippen molar-refractivity contribution < 1.29 is 4.92 Å². The molecule has 2 N–H and O–H groups in total. The van der Waals surface area contributed by atoms with Crippen LogP contribution >= 0.6 is 0 Å². The molecule has 1 aromatic rings. The van der Waals surface area contributed by atoms with E-state index in [9.17, 15) is 10.1 Å². The Morgan fingerprint density at radius 2 is 2.28 bits per heavy atom. The summed E-state index contributed by atoms with van der Waals surface area (Å²) in [6.07, 6.45) is 2.09. The van der Waals surface area contributed by atoms with Crippen LogP contribution in [0.25, 0.3) is 0 Å². The number of rotatable bonds is 3. The first kappa shape index (κ1) is 12.8. The lowest BCUT2D eigenvalue weighted by atomic mass is 10.00. The molecule has 1 aromatic carbocycles. The van der Waals surface area contributed by atoms with Crippen molar-refractivity contribution >= 4 is 11.4 Å². The fraction of sp³-hybridized carbons (Fsp3) is 0.538. The number of hydrogen-bond acceptors (Lipinski definition) is 4. The quantitative estimate of drug-likeness (QED) is 0.638. The van der Waals surface area contributed by atoms with Crippen LogP contribution in [-0.2, 0) is 0 Å². The maximum Gasteiger partial charge on any atom is 0.274 e. The van der Waals surface area contributed by atoms with Crippen LogP contribution < -0.4 is 10.6 Å². The summed E-state index contributed by atoms with van der Waals surface area (Å²) in [4.78, 5) is 10.6. The minimum absolute atomic E-state index is 0.182. The van der Waals surface area contributed by atoms with Crippen LogP contribution in [0.4, 0.5) is 11.4 Å². The smallest absolute Gasteiger partial charge is 0.274 e. The SMILES string of the molecule is Cc1c(NC2CCNC(C)C2)cccc1[N+](=O)[O-]. The van der Waals surface area contributed by atoms with Gasteiger partial charge in [-0.15, -0.1) is 0 Å². The van der Waals surface area contributed by atoms with Crippen LogP contribution in [0.1, 0.15) is 25.3 Å². The average molecular weight is 249 g/mol. The van der Waals surface area contributed by atoms with Gasteiger partial charge in [0.25, 0.3) is 5.69 Å². The predicted molar refractivity (Wildman–Crippen MR) is 71.9 cm³/mol. The van der Waals surface area contributed by atoms with Crippen LogP contribution in [0.5, 0.6) is 0 Å². The third-order valence-corrected chi connectivity index (χ3v) is 3.49. The first-order valence-electron chi connectivity index (χ1n) is 6.32. The van der Waals surface area contributed by atoms with Crippen molar-refractivity contribution in [2.45, 2.75) is 38.8 Å². The molecule has 1 aliphatic heterocycles. The molecule has 0 saturated carbocycles. The lowest BCUT2D eigenvalue weighted by molar-refractivity contribution is -0.385. The summed E-state index contributed by atoms with van der Waals surface area (Å²) in [5, 5.41) is 17.7. The summed E-state index contributed by atoms with van der Waals surface area (Å²) in [6, 6.07) is 6.08. The monoisotopic (exact) mass is 249 g/mol. The van der Waals surface area contributed by atoms with Gasteiger partial charge in [0.05, 0.1) is 4.92 Å². The normalized spacial score (nSPS) is 23.7. The molecular weight excluding hydrogens is 230 g/mol. The fourth-order valence-corrected chi connectivity index (χ4v) is 2.46. The highest BCUT2D eigenvalue weighted by Crippen LogP contribution is 2.26. The number of hydrogen-bond donors (Lipinski definition) is 2. The molecule has 1 aliphatic rings. The largest absolute Gasteiger partial charge is 0.382 e. The van der Waals surface area contributed by atoms with Gasteiger partial charge in [0, 0.05) is 29.4 Å². The van der Waals surface area contributed by atoms with Gasteiger partial charge in [-0.1, -0.05) is 6.07 Å². The Balaban J connectivity index is 2.14. The molecule has 2 atom stereocenters. The molecule has 5 nitrogen and oxygen atoms in total. The Morgan fingerprint density at radius 1 is 1.50 bits per heavy atom. The van der Waals surface area contributed by atoms with E-state index in [1.807, 2.05) is 6.07 Å².